The molecule has 0 aliphatic heterocycles. The van der Waals surface area contributed by atoms with Gasteiger partial charge in [0.15, 0.2) is 11.0 Å². The number of benzene rings is 3. The largest absolute Gasteiger partial charge is 0.497 e. The first-order valence-corrected chi connectivity index (χ1v) is 12.0. The summed E-state index contributed by atoms with van der Waals surface area (Å²) in [4.78, 5) is 25.0. The number of methoxy groups -OCH3 is 1. The highest BCUT2D eigenvalue weighted by Crippen LogP contribution is 2.24. The van der Waals surface area contributed by atoms with Crippen molar-refractivity contribution in [3.8, 4) is 11.4 Å². The van der Waals surface area contributed by atoms with E-state index >= 15 is 0 Å². The summed E-state index contributed by atoms with van der Waals surface area (Å²) < 4.78 is 6.91. The van der Waals surface area contributed by atoms with Gasteiger partial charge in [0.25, 0.3) is 5.91 Å². The van der Waals surface area contributed by atoms with Crippen LogP contribution in [0.5, 0.6) is 5.75 Å². The number of carbonyl (C=O) groups excluding carboxylic acids is 2. The van der Waals surface area contributed by atoms with Crippen LogP contribution in [0.3, 0.4) is 0 Å². The fourth-order valence-electron chi connectivity index (χ4n) is 3.24. The molecule has 0 unspecified atom stereocenters. The van der Waals surface area contributed by atoms with E-state index in [2.05, 4.69) is 20.8 Å². The lowest BCUT2D eigenvalue weighted by Gasteiger charge is -2.11. The first kappa shape index (κ1) is 24.3. The van der Waals surface area contributed by atoms with E-state index in [0.717, 1.165) is 5.69 Å². The number of thioether (sulfide) groups is 1. The second-order valence-electron chi connectivity index (χ2n) is 7.33. The summed E-state index contributed by atoms with van der Waals surface area (Å²) in [5, 5.41) is 15.3. The van der Waals surface area contributed by atoms with Crippen molar-refractivity contribution in [3.63, 3.8) is 0 Å². The van der Waals surface area contributed by atoms with Crippen molar-refractivity contribution in [3.05, 3.63) is 95.3 Å². The first-order valence-electron chi connectivity index (χ1n) is 10.6. The van der Waals surface area contributed by atoms with E-state index in [1.807, 2.05) is 18.2 Å². The molecule has 0 saturated carbocycles. The van der Waals surface area contributed by atoms with Crippen molar-refractivity contribution in [2.75, 3.05) is 18.2 Å². The van der Waals surface area contributed by atoms with Gasteiger partial charge >= 0.3 is 0 Å². The van der Waals surface area contributed by atoms with E-state index in [1.165, 1.54) is 11.8 Å². The number of carbonyl (C=O) groups is 2. The molecule has 4 rings (SSSR count). The monoisotopic (exact) mass is 507 g/mol. The molecule has 4 aromatic rings. The summed E-state index contributed by atoms with van der Waals surface area (Å²) in [5.41, 5.74) is 1.94. The van der Waals surface area contributed by atoms with Gasteiger partial charge in [-0.3, -0.25) is 14.2 Å². The number of amides is 2. The molecule has 35 heavy (non-hydrogen) atoms. The highest BCUT2D eigenvalue weighted by Gasteiger charge is 2.17. The highest BCUT2D eigenvalue weighted by molar-refractivity contribution is 7.99. The zero-order valence-corrected chi connectivity index (χ0v) is 20.3. The molecule has 2 N–H and O–H groups in total. The quantitative estimate of drug-likeness (QED) is 0.321. The molecule has 1 aromatic heterocycles. The minimum absolute atomic E-state index is 0.112. The fourth-order valence-corrected chi connectivity index (χ4v) is 4.19. The summed E-state index contributed by atoms with van der Waals surface area (Å²) in [6.07, 6.45) is 0. The summed E-state index contributed by atoms with van der Waals surface area (Å²) in [6.45, 7) is 0.145. The molecule has 0 fully saturated rings. The lowest BCUT2D eigenvalue weighted by molar-refractivity contribution is -0.113. The number of hydrogen-bond acceptors (Lipinski definition) is 6. The Morgan fingerprint density at radius 3 is 2.49 bits per heavy atom. The molecule has 0 aliphatic rings. The highest BCUT2D eigenvalue weighted by atomic mass is 35.5. The van der Waals surface area contributed by atoms with Gasteiger partial charge in [-0.1, -0.05) is 47.6 Å². The van der Waals surface area contributed by atoms with E-state index in [1.54, 1.807) is 72.3 Å². The third kappa shape index (κ3) is 6.40. The second-order valence-corrected chi connectivity index (χ2v) is 8.71. The molecular weight excluding hydrogens is 486 g/mol. The molecule has 0 atom stereocenters. The van der Waals surface area contributed by atoms with Crippen LogP contribution >= 0.6 is 23.4 Å². The number of aromatic nitrogens is 3. The van der Waals surface area contributed by atoms with E-state index in [-0.39, 0.29) is 24.1 Å². The lowest BCUT2D eigenvalue weighted by Crippen LogP contribution is -2.24. The van der Waals surface area contributed by atoms with Crippen LogP contribution in [0.2, 0.25) is 5.02 Å². The topological polar surface area (TPSA) is 98.1 Å². The van der Waals surface area contributed by atoms with Gasteiger partial charge in [-0.2, -0.15) is 0 Å². The van der Waals surface area contributed by atoms with Gasteiger partial charge < -0.3 is 15.4 Å². The molecular formula is C25H22ClN5O3S. The Balaban J connectivity index is 1.48. The lowest BCUT2D eigenvalue weighted by atomic mass is 10.2. The molecule has 0 radical (unpaired) electrons. The van der Waals surface area contributed by atoms with Gasteiger partial charge in [0, 0.05) is 16.3 Å². The molecule has 10 heteroatoms. The molecule has 8 nitrogen and oxygen atoms in total. The number of nitrogens with one attached hydrogen (secondary N) is 2. The first-order chi connectivity index (χ1) is 17.0. The average Bonchev–Trinajstić information content (AvgIpc) is 3.30. The van der Waals surface area contributed by atoms with E-state index in [9.17, 15) is 9.59 Å². The van der Waals surface area contributed by atoms with Crippen molar-refractivity contribution in [1.29, 1.82) is 0 Å². The van der Waals surface area contributed by atoms with Crippen LogP contribution in [0.15, 0.2) is 84.0 Å². The molecule has 0 spiro atoms. The Morgan fingerprint density at radius 2 is 1.77 bits per heavy atom. The minimum Gasteiger partial charge on any atom is -0.497 e. The number of ether oxygens (including phenoxy) is 1. The second kappa shape index (κ2) is 11.5. The summed E-state index contributed by atoms with van der Waals surface area (Å²) in [5.74, 6) is 0.911. The van der Waals surface area contributed by atoms with Crippen LogP contribution in [-0.2, 0) is 11.3 Å². The van der Waals surface area contributed by atoms with Gasteiger partial charge in [0.2, 0.25) is 5.91 Å². The zero-order valence-electron chi connectivity index (χ0n) is 18.8. The molecule has 0 saturated heterocycles. The molecule has 3 aromatic carbocycles. The van der Waals surface area contributed by atoms with E-state index in [0.29, 0.717) is 33.0 Å². The van der Waals surface area contributed by atoms with Crippen LogP contribution < -0.4 is 15.4 Å². The normalized spacial score (nSPS) is 10.6. The maximum Gasteiger partial charge on any atom is 0.251 e. The maximum atomic E-state index is 12.5. The Morgan fingerprint density at radius 1 is 1.00 bits per heavy atom. The fraction of sp³-hybridized carbons (Fsp3) is 0.120. The summed E-state index contributed by atoms with van der Waals surface area (Å²) in [6, 6.07) is 23.2. The third-order valence-electron chi connectivity index (χ3n) is 4.92. The van der Waals surface area contributed by atoms with Gasteiger partial charge in [-0.25, -0.2) is 0 Å². The minimum atomic E-state index is -0.223. The number of hydrogen-bond donors (Lipinski definition) is 2. The average molecular weight is 508 g/mol. The molecule has 0 bridgehead atoms. The number of rotatable bonds is 9. The van der Waals surface area contributed by atoms with Crippen molar-refractivity contribution >= 4 is 40.9 Å². The van der Waals surface area contributed by atoms with Crippen molar-refractivity contribution in [2.24, 2.45) is 0 Å². The number of anilines is 1. The van der Waals surface area contributed by atoms with Crippen LogP contribution in [-0.4, -0.2) is 39.4 Å². The third-order valence-corrected chi connectivity index (χ3v) is 6.08. The maximum absolute atomic E-state index is 12.5. The molecule has 0 aliphatic carbocycles. The number of nitrogens with zero attached hydrogens (tertiary/aromatic N) is 3. The summed E-state index contributed by atoms with van der Waals surface area (Å²) in [7, 11) is 1.58. The van der Waals surface area contributed by atoms with Crippen molar-refractivity contribution in [2.45, 2.75) is 11.7 Å². The van der Waals surface area contributed by atoms with Gasteiger partial charge in [-0.15, -0.1) is 10.2 Å². The number of halogens is 1. The zero-order chi connectivity index (χ0) is 24.6. The van der Waals surface area contributed by atoms with Gasteiger partial charge in [-0.05, 0) is 54.6 Å². The Bertz CT molecular complexity index is 1310. The smallest absolute Gasteiger partial charge is 0.251 e. The van der Waals surface area contributed by atoms with Crippen molar-refractivity contribution in [1.82, 2.24) is 20.1 Å². The van der Waals surface area contributed by atoms with E-state index < -0.39 is 0 Å². The Hall–Kier alpha value is -3.82. The predicted molar refractivity (Wildman–Crippen MR) is 136 cm³/mol. The van der Waals surface area contributed by atoms with E-state index in [4.69, 9.17) is 16.3 Å². The van der Waals surface area contributed by atoms with Crippen LogP contribution in [0.25, 0.3) is 5.69 Å². The Kier molecular flexibility index (Phi) is 8.02. The van der Waals surface area contributed by atoms with Gasteiger partial charge in [0.1, 0.15) is 5.75 Å². The molecule has 1 heterocycles. The van der Waals surface area contributed by atoms with Crippen LogP contribution in [0.4, 0.5) is 5.69 Å². The predicted octanol–water partition coefficient (Wildman–Crippen LogP) is 4.59. The van der Waals surface area contributed by atoms with Crippen LogP contribution in [0.1, 0.15) is 16.2 Å². The molecule has 178 valence electrons. The SMILES string of the molecule is COc1ccc(NC(=O)CSc2nnc(CNC(=O)c3ccccc3)n2-c2cccc(Cl)c2)cc1. The van der Waals surface area contributed by atoms with Crippen molar-refractivity contribution < 1.29 is 14.3 Å². The van der Waals surface area contributed by atoms with Gasteiger partial charge in [0.05, 0.1) is 25.1 Å². The Labute approximate surface area is 211 Å². The summed E-state index contributed by atoms with van der Waals surface area (Å²) >= 11 is 7.44. The molecule has 2 amide bonds. The van der Waals surface area contributed by atoms with Crippen LogP contribution in [0, 0.1) is 0 Å². The standard InChI is InChI=1S/C25H22ClN5O3S/c1-34-21-12-10-19(11-13-21)28-23(32)16-35-25-30-29-22(31(25)20-9-5-8-18(26)14-20)15-27-24(33)17-6-3-2-4-7-17/h2-14H,15-16H2,1H3,(H,27,33)(H,28,32).